The topological polar surface area (TPSA) is 49.4 Å². The molecule has 1 saturated heterocycles. The summed E-state index contributed by atoms with van der Waals surface area (Å²) in [5.41, 5.74) is 0. The van der Waals surface area contributed by atoms with Gasteiger partial charge in [-0.05, 0) is 18.9 Å². The molecule has 1 aliphatic rings. The van der Waals surface area contributed by atoms with Crippen molar-refractivity contribution in [3.8, 4) is 0 Å². The second-order valence-corrected chi connectivity index (χ2v) is 4.89. The van der Waals surface area contributed by atoms with Crippen LogP contribution in [0.5, 0.6) is 0 Å². The molecule has 0 bridgehead atoms. The number of hydrogen-bond acceptors (Lipinski definition) is 3. The number of likely N-dealkylation sites (tertiary alicyclic amines) is 1. The normalized spacial score (nSPS) is 21.2. The summed E-state index contributed by atoms with van der Waals surface area (Å²) < 4.78 is 0. The van der Waals surface area contributed by atoms with Gasteiger partial charge < -0.3 is 5.32 Å². The predicted molar refractivity (Wildman–Crippen MR) is 62.9 cm³/mol. The van der Waals surface area contributed by atoms with Crippen LogP contribution >= 0.6 is 0 Å². The van der Waals surface area contributed by atoms with E-state index in [2.05, 4.69) is 19.2 Å². The molecule has 0 saturated carbocycles. The molecule has 2 amide bonds. The van der Waals surface area contributed by atoms with Crippen LogP contribution in [0.25, 0.3) is 0 Å². The fourth-order valence-corrected chi connectivity index (χ4v) is 1.87. The van der Waals surface area contributed by atoms with Crippen molar-refractivity contribution >= 4 is 11.8 Å². The fraction of sp³-hybridized carbons (Fsp3) is 0.833. The van der Waals surface area contributed by atoms with Crippen LogP contribution in [0.15, 0.2) is 0 Å². The van der Waals surface area contributed by atoms with Crippen LogP contribution in [-0.4, -0.2) is 36.3 Å². The molecule has 92 valence electrons. The van der Waals surface area contributed by atoms with Gasteiger partial charge in [-0.15, -0.1) is 0 Å². The van der Waals surface area contributed by atoms with Crippen molar-refractivity contribution < 1.29 is 9.59 Å². The Morgan fingerprint density at radius 2 is 2.06 bits per heavy atom. The summed E-state index contributed by atoms with van der Waals surface area (Å²) in [4.78, 5) is 24.0. The quantitative estimate of drug-likeness (QED) is 0.546. The number of rotatable bonds is 6. The van der Waals surface area contributed by atoms with Gasteiger partial charge in [0.25, 0.3) is 0 Å². The van der Waals surface area contributed by atoms with Crippen LogP contribution in [-0.2, 0) is 9.59 Å². The number of hydrogen-bond donors (Lipinski definition) is 1. The molecule has 1 atom stereocenters. The Balaban J connectivity index is 2.15. The third kappa shape index (κ3) is 3.59. The van der Waals surface area contributed by atoms with E-state index in [4.69, 9.17) is 0 Å². The first kappa shape index (κ1) is 13.2. The summed E-state index contributed by atoms with van der Waals surface area (Å²) in [5.74, 6) is 0.569. The molecule has 0 aromatic heterocycles. The first-order valence-electron chi connectivity index (χ1n) is 6.06. The van der Waals surface area contributed by atoms with E-state index in [9.17, 15) is 9.59 Å². The molecular weight excluding hydrogens is 204 g/mol. The molecule has 0 radical (unpaired) electrons. The van der Waals surface area contributed by atoms with E-state index in [1.54, 1.807) is 7.05 Å². The molecule has 0 aromatic rings. The van der Waals surface area contributed by atoms with Gasteiger partial charge in [-0.2, -0.15) is 0 Å². The number of carbonyl (C=O) groups excluding carboxylic acids is 2. The summed E-state index contributed by atoms with van der Waals surface area (Å²) in [7, 11) is 1.55. The SMILES string of the molecule is CC(C)CCCCNC1CC(=O)N(C)C1=O. The number of carbonyl (C=O) groups is 2. The second kappa shape index (κ2) is 5.99. The van der Waals surface area contributed by atoms with Crippen LogP contribution in [0.4, 0.5) is 0 Å². The van der Waals surface area contributed by atoms with Crippen molar-refractivity contribution in [2.75, 3.05) is 13.6 Å². The van der Waals surface area contributed by atoms with Crippen LogP contribution < -0.4 is 5.32 Å². The van der Waals surface area contributed by atoms with Crippen molar-refractivity contribution in [2.24, 2.45) is 5.92 Å². The third-order valence-corrected chi connectivity index (χ3v) is 2.98. The first-order chi connectivity index (χ1) is 7.52. The van der Waals surface area contributed by atoms with Crippen molar-refractivity contribution in [3.63, 3.8) is 0 Å². The zero-order valence-corrected chi connectivity index (χ0v) is 10.5. The maximum atomic E-state index is 11.5. The van der Waals surface area contributed by atoms with E-state index < -0.39 is 0 Å². The van der Waals surface area contributed by atoms with Crippen LogP contribution in [0, 0.1) is 5.92 Å². The minimum atomic E-state index is -0.281. The molecule has 0 aliphatic carbocycles. The first-order valence-corrected chi connectivity index (χ1v) is 6.06. The highest BCUT2D eigenvalue weighted by Crippen LogP contribution is 2.11. The van der Waals surface area contributed by atoms with E-state index in [0.717, 1.165) is 18.9 Å². The number of unbranched alkanes of at least 4 members (excludes halogenated alkanes) is 1. The molecule has 4 nitrogen and oxygen atoms in total. The average Bonchev–Trinajstić information content (AvgIpc) is 2.45. The lowest BCUT2D eigenvalue weighted by atomic mass is 10.1. The Kier molecular flexibility index (Phi) is 4.93. The Bertz CT molecular complexity index is 264. The molecule has 1 heterocycles. The van der Waals surface area contributed by atoms with Crippen molar-refractivity contribution in [1.82, 2.24) is 10.2 Å². The maximum Gasteiger partial charge on any atom is 0.246 e. The minimum absolute atomic E-state index is 0.0790. The van der Waals surface area contributed by atoms with Gasteiger partial charge in [0.1, 0.15) is 0 Å². The van der Waals surface area contributed by atoms with Gasteiger partial charge in [0, 0.05) is 7.05 Å². The van der Waals surface area contributed by atoms with Gasteiger partial charge in [0.15, 0.2) is 0 Å². The van der Waals surface area contributed by atoms with E-state index in [1.165, 1.54) is 17.7 Å². The predicted octanol–water partition coefficient (Wildman–Crippen LogP) is 1.16. The lowest BCUT2D eigenvalue weighted by Gasteiger charge is -2.11. The third-order valence-electron chi connectivity index (χ3n) is 2.98. The molecule has 0 spiro atoms. The van der Waals surface area contributed by atoms with E-state index in [1.807, 2.05) is 0 Å². The number of nitrogens with zero attached hydrogens (tertiary/aromatic N) is 1. The highest BCUT2D eigenvalue weighted by molar-refractivity contribution is 6.05. The Morgan fingerprint density at radius 1 is 1.38 bits per heavy atom. The highest BCUT2D eigenvalue weighted by Gasteiger charge is 2.35. The van der Waals surface area contributed by atoms with Crippen LogP contribution in [0.3, 0.4) is 0 Å². The molecule has 1 rings (SSSR count). The highest BCUT2D eigenvalue weighted by atomic mass is 16.2. The van der Waals surface area contributed by atoms with Gasteiger partial charge >= 0.3 is 0 Å². The summed E-state index contributed by atoms with van der Waals surface area (Å²) in [6.45, 7) is 5.24. The molecule has 1 fully saturated rings. The van der Waals surface area contributed by atoms with E-state index >= 15 is 0 Å². The standard InChI is InChI=1S/C12H22N2O2/c1-9(2)6-4-5-7-13-10-8-11(15)14(3)12(10)16/h9-10,13H,4-8H2,1-3H3. The number of imide groups is 1. The Morgan fingerprint density at radius 3 is 2.56 bits per heavy atom. The van der Waals surface area contributed by atoms with Crippen molar-refractivity contribution in [2.45, 2.75) is 45.6 Å². The molecule has 1 N–H and O–H groups in total. The number of likely N-dealkylation sites (N-methyl/N-ethyl adjacent to an activating group) is 1. The van der Waals surface area contributed by atoms with Crippen molar-refractivity contribution in [3.05, 3.63) is 0 Å². The minimum Gasteiger partial charge on any atom is -0.305 e. The molecule has 1 aliphatic heterocycles. The average molecular weight is 226 g/mol. The van der Waals surface area contributed by atoms with E-state index in [-0.39, 0.29) is 17.9 Å². The summed E-state index contributed by atoms with van der Waals surface area (Å²) in [5, 5.41) is 3.15. The summed E-state index contributed by atoms with van der Waals surface area (Å²) >= 11 is 0. The second-order valence-electron chi connectivity index (χ2n) is 4.89. The van der Waals surface area contributed by atoms with Gasteiger partial charge in [-0.25, -0.2) is 0 Å². The zero-order chi connectivity index (χ0) is 12.1. The molecule has 0 aromatic carbocycles. The summed E-state index contributed by atoms with van der Waals surface area (Å²) in [6.07, 6.45) is 3.79. The molecule has 16 heavy (non-hydrogen) atoms. The zero-order valence-electron chi connectivity index (χ0n) is 10.5. The van der Waals surface area contributed by atoms with Gasteiger partial charge in [0.2, 0.25) is 11.8 Å². The molecule has 4 heteroatoms. The molecular formula is C12H22N2O2. The number of nitrogens with one attached hydrogen (secondary N) is 1. The van der Waals surface area contributed by atoms with Gasteiger partial charge in [0.05, 0.1) is 12.5 Å². The number of amides is 2. The summed E-state index contributed by atoms with van der Waals surface area (Å²) in [6, 6.07) is -0.281. The Labute approximate surface area is 97.4 Å². The maximum absolute atomic E-state index is 11.5. The monoisotopic (exact) mass is 226 g/mol. The lowest BCUT2D eigenvalue weighted by Crippen LogP contribution is -2.37. The van der Waals surface area contributed by atoms with Crippen LogP contribution in [0.1, 0.15) is 39.5 Å². The Hall–Kier alpha value is -0.900. The van der Waals surface area contributed by atoms with Crippen LogP contribution in [0.2, 0.25) is 0 Å². The smallest absolute Gasteiger partial charge is 0.246 e. The van der Waals surface area contributed by atoms with Gasteiger partial charge in [-0.1, -0.05) is 26.7 Å². The van der Waals surface area contributed by atoms with E-state index in [0.29, 0.717) is 6.42 Å². The largest absolute Gasteiger partial charge is 0.305 e. The van der Waals surface area contributed by atoms with Gasteiger partial charge in [-0.3, -0.25) is 14.5 Å². The fourth-order valence-electron chi connectivity index (χ4n) is 1.87. The van der Waals surface area contributed by atoms with Crippen molar-refractivity contribution in [1.29, 1.82) is 0 Å². The lowest BCUT2D eigenvalue weighted by molar-refractivity contribution is -0.137. The molecule has 1 unspecified atom stereocenters.